The second kappa shape index (κ2) is 6.61. The average Bonchev–Trinajstić information content (AvgIpc) is 2.49. The molecule has 1 atom stereocenters. The molecule has 5 heteroatoms. The van der Waals surface area contributed by atoms with Crippen molar-refractivity contribution in [3.05, 3.63) is 60.2 Å². The summed E-state index contributed by atoms with van der Waals surface area (Å²) in [6.45, 7) is 0.398. The summed E-state index contributed by atoms with van der Waals surface area (Å²) in [5.41, 5.74) is 0.852. The van der Waals surface area contributed by atoms with Gasteiger partial charge in [0.15, 0.2) is 0 Å². The van der Waals surface area contributed by atoms with Gasteiger partial charge in [-0.25, -0.2) is 14.8 Å². The van der Waals surface area contributed by atoms with Crippen LogP contribution in [0, 0.1) is 0 Å². The Labute approximate surface area is 111 Å². The van der Waals surface area contributed by atoms with Crippen molar-refractivity contribution < 1.29 is 9.53 Å². The summed E-state index contributed by atoms with van der Waals surface area (Å²) in [4.78, 5) is 20.0. The van der Waals surface area contributed by atoms with E-state index in [1.165, 1.54) is 7.11 Å². The monoisotopic (exact) mass is 257 g/mol. The van der Waals surface area contributed by atoms with Crippen molar-refractivity contribution in [2.45, 2.75) is 12.6 Å². The van der Waals surface area contributed by atoms with E-state index in [0.717, 1.165) is 5.56 Å². The molecular formula is C14H15N3O2. The van der Waals surface area contributed by atoms with Crippen LogP contribution in [0.25, 0.3) is 0 Å². The van der Waals surface area contributed by atoms with Crippen LogP contribution in [0.2, 0.25) is 0 Å². The molecule has 98 valence electrons. The number of hydrogen-bond donors (Lipinski definition) is 1. The Morgan fingerprint density at radius 2 is 1.89 bits per heavy atom. The molecule has 0 amide bonds. The molecule has 2 aromatic rings. The Balaban J connectivity index is 2.09. The fourth-order valence-electron chi connectivity index (χ4n) is 1.72. The maximum absolute atomic E-state index is 11.8. The van der Waals surface area contributed by atoms with Crippen LogP contribution >= 0.6 is 0 Å². The first-order chi connectivity index (χ1) is 9.31. The summed E-state index contributed by atoms with van der Waals surface area (Å²) in [5.74, 6) is 0.300. The van der Waals surface area contributed by atoms with Gasteiger partial charge in [-0.1, -0.05) is 30.3 Å². The predicted molar refractivity (Wildman–Crippen MR) is 70.1 cm³/mol. The van der Waals surface area contributed by atoms with Crippen LogP contribution in [-0.2, 0) is 16.1 Å². The lowest BCUT2D eigenvalue weighted by Gasteiger charge is -2.16. The number of benzene rings is 1. The van der Waals surface area contributed by atoms with Crippen LogP contribution in [0.5, 0.6) is 0 Å². The minimum Gasteiger partial charge on any atom is -0.468 e. The number of nitrogens with zero attached hydrogens (tertiary/aromatic N) is 2. The third-order valence-corrected chi connectivity index (χ3v) is 2.65. The molecule has 0 saturated heterocycles. The number of rotatable bonds is 5. The van der Waals surface area contributed by atoms with E-state index in [1.54, 1.807) is 18.5 Å². The minimum atomic E-state index is -0.519. The maximum atomic E-state index is 11.8. The number of nitrogens with one attached hydrogen (secondary N) is 1. The number of esters is 1. The van der Waals surface area contributed by atoms with Gasteiger partial charge in [-0.05, 0) is 11.6 Å². The van der Waals surface area contributed by atoms with E-state index in [1.807, 2.05) is 30.3 Å². The van der Waals surface area contributed by atoms with E-state index in [0.29, 0.717) is 12.4 Å². The zero-order valence-corrected chi connectivity index (χ0v) is 10.6. The Morgan fingerprint density at radius 1 is 1.21 bits per heavy atom. The van der Waals surface area contributed by atoms with Crippen LogP contribution in [0.4, 0.5) is 0 Å². The number of carbonyl (C=O) groups excluding carboxylic acids is 1. The lowest BCUT2D eigenvalue weighted by molar-refractivity contribution is -0.143. The fraction of sp³-hybridized carbons (Fsp3) is 0.214. The summed E-state index contributed by atoms with van der Waals surface area (Å²) in [6.07, 6.45) is 3.33. The summed E-state index contributed by atoms with van der Waals surface area (Å²) in [7, 11) is 1.37. The van der Waals surface area contributed by atoms with E-state index in [2.05, 4.69) is 15.3 Å². The molecule has 19 heavy (non-hydrogen) atoms. The average molecular weight is 257 g/mol. The molecular weight excluding hydrogens is 242 g/mol. The van der Waals surface area contributed by atoms with Crippen molar-refractivity contribution in [2.75, 3.05) is 7.11 Å². The number of aromatic nitrogens is 2. The molecule has 0 fully saturated rings. The van der Waals surface area contributed by atoms with Gasteiger partial charge in [-0.2, -0.15) is 0 Å². The Kier molecular flexibility index (Phi) is 4.58. The molecule has 1 N–H and O–H groups in total. The first kappa shape index (κ1) is 13.2. The van der Waals surface area contributed by atoms with Gasteiger partial charge in [0, 0.05) is 12.4 Å². The van der Waals surface area contributed by atoms with Crippen molar-refractivity contribution in [2.24, 2.45) is 0 Å². The Morgan fingerprint density at radius 3 is 2.53 bits per heavy atom. The highest BCUT2D eigenvalue weighted by molar-refractivity contribution is 5.77. The molecule has 5 nitrogen and oxygen atoms in total. The van der Waals surface area contributed by atoms with Crippen LogP contribution in [0.1, 0.15) is 17.4 Å². The SMILES string of the molecule is COC(=O)C(NCc1ncccn1)c1ccccc1. The molecule has 0 spiro atoms. The third-order valence-electron chi connectivity index (χ3n) is 2.65. The van der Waals surface area contributed by atoms with Gasteiger partial charge in [0.1, 0.15) is 11.9 Å². The molecule has 0 radical (unpaired) electrons. The van der Waals surface area contributed by atoms with Gasteiger partial charge >= 0.3 is 5.97 Å². The molecule has 0 aliphatic rings. The first-order valence-electron chi connectivity index (χ1n) is 5.93. The molecule has 1 unspecified atom stereocenters. The fourth-order valence-corrected chi connectivity index (χ4v) is 1.72. The van der Waals surface area contributed by atoms with Gasteiger partial charge in [0.05, 0.1) is 13.7 Å². The van der Waals surface area contributed by atoms with Crippen molar-refractivity contribution in [1.29, 1.82) is 0 Å². The molecule has 0 bridgehead atoms. The van der Waals surface area contributed by atoms with Crippen molar-refractivity contribution in [3.8, 4) is 0 Å². The highest BCUT2D eigenvalue weighted by Gasteiger charge is 2.20. The van der Waals surface area contributed by atoms with Gasteiger partial charge in [0.25, 0.3) is 0 Å². The zero-order valence-electron chi connectivity index (χ0n) is 10.6. The largest absolute Gasteiger partial charge is 0.468 e. The van der Waals surface area contributed by atoms with Gasteiger partial charge in [-0.15, -0.1) is 0 Å². The maximum Gasteiger partial charge on any atom is 0.327 e. The molecule has 1 aromatic heterocycles. The number of methoxy groups -OCH3 is 1. The highest BCUT2D eigenvalue weighted by atomic mass is 16.5. The van der Waals surface area contributed by atoms with Gasteiger partial charge < -0.3 is 4.74 Å². The normalized spacial score (nSPS) is 11.8. The smallest absolute Gasteiger partial charge is 0.327 e. The van der Waals surface area contributed by atoms with Crippen LogP contribution in [0.3, 0.4) is 0 Å². The molecule has 0 saturated carbocycles. The first-order valence-corrected chi connectivity index (χ1v) is 5.93. The molecule has 1 heterocycles. The van der Waals surface area contributed by atoms with E-state index < -0.39 is 6.04 Å². The van der Waals surface area contributed by atoms with E-state index in [-0.39, 0.29) is 5.97 Å². The van der Waals surface area contributed by atoms with Crippen molar-refractivity contribution in [3.63, 3.8) is 0 Å². The lowest BCUT2D eigenvalue weighted by atomic mass is 10.1. The molecule has 2 rings (SSSR count). The summed E-state index contributed by atoms with van der Waals surface area (Å²) >= 11 is 0. The number of hydrogen-bond acceptors (Lipinski definition) is 5. The topological polar surface area (TPSA) is 64.1 Å². The summed E-state index contributed by atoms with van der Waals surface area (Å²) < 4.78 is 4.81. The predicted octanol–water partition coefficient (Wildman–Crippen LogP) is 1.48. The third kappa shape index (κ3) is 3.59. The second-order valence-corrected chi connectivity index (χ2v) is 3.91. The van der Waals surface area contributed by atoms with Crippen molar-refractivity contribution >= 4 is 5.97 Å². The number of carbonyl (C=O) groups is 1. The quantitative estimate of drug-likeness (QED) is 0.822. The van der Waals surface area contributed by atoms with E-state index >= 15 is 0 Å². The Bertz CT molecular complexity index is 517. The van der Waals surface area contributed by atoms with Crippen LogP contribution in [0.15, 0.2) is 48.8 Å². The molecule has 0 aliphatic carbocycles. The number of ether oxygens (including phenoxy) is 1. The van der Waals surface area contributed by atoms with Gasteiger partial charge in [0.2, 0.25) is 0 Å². The minimum absolute atomic E-state index is 0.331. The van der Waals surface area contributed by atoms with E-state index in [4.69, 9.17) is 4.74 Å². The van der Waals surface area contributed by atoms with Crippen LogP contribution < -0.4 is 5.32 Å². The van der Waals surface area contributed by atoms with Crippen LogP contribution in [-0.4, -0.2) is 23.0 Å². The van der Waals surface area contributed by atoms with E-state index in [9.17, 15) is 4.79 Å². The summed E-state index contributed by atoms with van der Waals surface area (Å²) in [6, 6.07) is 10.6. The highest BCUT2D eigenvalue weighted by Crippen LogP contribution is 2.14. The molecule has 1 aromatic carbocycles. The second-order valence-electron chi connectivity index (χ2n) is 3.91. The zero-order chi connectivity index (χ0) is 13.5. The lowest BCUT2D eigenvalue weighted by Crippen LogP contribution is -2.29. The Hall–Kier alpha value is -2.27. The molecule has 0 aliphatic heterocycles. The van der Waals surface area contributed by atoms with Crippen molar-refractivity contribution in [1.82, 2.24) is 15.3 Å². The standard InChI is InChI=1S/C14H15N3O2/c1-19-14(18)13(11-6-3-2-4-7-11)17-10-12-15-8-5-9-16-12/h2-9,13,17H,10H2,1H3. The summed E-state index contributed by atoms with van der Waals surface area (Å²) in [5, 5.41) is 3.10. The van der Waals surface area contributed by atoms with Gasteiger partial charge in [-0.3, -0.25) is 5.32 Å².